The van der Waals surface area contributed by atoms with Gasteiger partial charge in [0.2, 0.25) is 0 Å². The highest BCUT2D eigenvalue weighted by atomic mass is 19.4. The van der Waals surface area contributed by atoms with E-state index in [0.717, 1.165) is 15.4 Å². The van der Waals surface area contributed by atoms with Crippen LogP contribution in [0, 0.1) is 5.92 Å². The van der Waals surface area contributed by atoms with E-state index in [1.807, 2.05) is 0 Å². The van der Waals surface area contributed by atoms with E-state index in [2.05, 4.69) is 20.6 Å². The monoisotopic (exact) mass is 362 g/mol. The maximum absolute atomic E-state index is 13.8. The van der Waals surface area contributed by atoms with Crippen molar-refractivity contribution in [2.45, 2.75) is 37.7 Å². The van der Waals surface area contributed by atoms with E-state index in [1.54, 1.807) is 0 Å². The summed E-state index contributed by atoms with van der Waals surface area (Å²) in [5.41, 5.74) is -1.14. The molecule has 0 saturated heterocycles. The maximum Gasteiger partial charge on any atom is 0.396 e. The van der Waals surface area contributed by atoms with Crippen LogP contribution in [0.1, 0.15) is 29.8 Å². The van der Waals surface area contributed by atoms with Gasteiger partial charge in [-0.3, -0.25) is 4.79 Å². The fourth-order valence-corrected chi connectivity index (χ4v) is 3.02. The number of rotatable bonds is 2. The van der Waals surface area contributed by atoms with Crippen LogP contribution in [0.4, 0.5) is 17.6 Å². The molecule has 3 atom stereocenters. The summed E-state index contributed by atoms with van der Waals surface area (Å²) in [5.74, 6) is -3.24. The van der Waals surface area contributed by atoms with E-state index in [1.165, 1.54) is 7.05 Å². The van der Waals surface area contributed by atoms with E-state index < -0.39 is 35.9 Å². The van der Waals surface area contributed by atoms with Gasteiger partial charge in [0.25, 0.3) is 5.91 Å². The Morgan fingerprint density at radius 2 is 2.08 bits per heavy atom. The van der Waals surface area contributed by atoms with Gasteiger partial charge in [-0.05, 0) is 19.3 Å². The Balaban J connectivity index is 1.89. The summed E-state index contributed by atoms with van der Waals surface area (Å²) in [6, 6.07) is -1.41. The number of nitrogens with one attached hydrogen (secondary N) is 1. The van der Waals surface area contributed by atoms with Crippen LogP contribution in [0.25, 0.3) is 5.65 Å². The maximum atomic E-state index is 13.8. The van der Waals surface area contributed by atoms with Crippen LogP contribution in [0.15, 0.2) is 11.1 Å². The molecule has 0 spiro atoms. The first kappa shape index (κ1) is 17.3. The van der Waals surface area contributed by atoms with Crippen LogP contribution in [0.3, 0.4) is 0 Å². The molecule has 8 nitrogen and oxygen atoms in total. The molecule has 1 aliphatic carbocycles. The van der Waals surface area contributed by atoms with Crippen molar-refractivity contribution in [3.05, 3.63) is 22.5 Å². The molecule has 2 heterocycles. The van der Waals surface area contributed by atoms with Crippen molar-refractivity contribution in [3.63, 3.8) is 0 Å². The number of hydrogen-bond donors (Lipinski definition) is 1. The van der Waals surface area contributed by atoms with Crippen molar-refractivity contribution < 1.29 is 22.4 Å². The highest BCUT2D eigenvalue weighted by Crippen LogP contribution is 2.39. The van der Waals surface area contributed by atoms with Crippen LogP contribution in [-0.2, 0) is 7.05 Å². The van der Waals surface area contributed by atoms with Crippen molar-refractivity contribution in [1.82, 2.24) is 29.7 Å². The van der Waals surface area contributed by atoms with Crippen molar-refractivity contribution >= 4 is 11.6 Å². The van der Waals surface area contributed by atoms with E-state index in [9.17, 15) is 27.2 Å². The molecule has 0 aliphatic heterocycles. The van der Waals surface area contributed by atoms with Crippen molar-refractivity contribution in [2.24, 2.45) is 13.0 Å². The second-order valence-corrected chi connectivity index (χ2v) is 5.88. The van der Waals surface area contributed by atoms with Crippen LogP contribution < -0.4 is 11.0 Å². The van der Waals surface area contributed by atoms with Gasteiger partial charge < -0.3 is 5.32 Å². The minimum Gasteiger partial charge on any atom is -0.347 e. The van der Waals surface area contributed by atoms with Gasteiger partial charge >= 0.3 is 11.9 Å². The SMILES string of the molecule is Cn1nnc2c(C(=O)NC3CCCC(F)C3C(F)(F)F)ncn2c1=O. The average molecular weight is 362 g/mol. The Bertz CT molecular complexity index is 860. The Kier molecular flexibility index (Phi) is 4.21. The lowest BCUT2D eigenvalue weighted by Crippen LogP contribution is -2.52. The third-order valence-corrected chi connectivity index (χ3v) is 4.23. The van der Waals surface area contributed by atoms with Gasteiger partial charge in [0, 0.05) is 13.1 Å². The molecule has 25 heavy (non-hydrogen) atoms. The molecular formula is C13H14F4N6O2. The number of fused-ring (bicyclic) bond motifs is 1. The van der Waals surface area contributed by atoms with E-state index in [0.29, 0.717) is 0 Å². The Morgan fingerprint density at radius 1 is 1.36 bits per heavy atom. The number of aryl methyl sites for hydroxylation is 1. The predicted molar refractivity (Wildman–Crippen MR) is 75.6 cm³/mol. The molecule has 0 aromatic carbocycles. The molecule has 3 rings (SSSR count). The zero-order chi connectivity index (χ0) is 18.4. The lowest BCUT2D eigenvalue weighted by molar-refractivity contribution is -0.204. The average Bonchev–Trinajstić information content (AvgIpc) is 2.94. The minimum atomic E-state index is -4.77. The van der Waals surface area contributed by atoms with E-state index in [-0.39, 0.29) is 30.6 Å². The van der Waals surface area contributed by atoms with Gasteiger partial charge in [0.05, 0.1) is 0 Å². The summed E-state index contributed by atoms with van der Waals surface area (Å²) in [5, 5.41) is 9.35. The number of amides is 1. The van der Waals surface area contributed by atoms with Crippen LogP contribution in [0.5, 0.6) is 0 Å². The summed E-state index contributed by atoms with van der Waals surface area (Å²) in [7, 11) is 1.34. The zero-order valence-electron chi connectivity index (χ0n) is 13.0. The number of hydrogen-bond acceptors (Lipinski definition) is 5. The second-order valence-electron chi connectivity index (χ2n) is 5.88. The van der Waals surface area contributed by atoms with Crippen LogP contribution in [-0.4, -0.2) is 48.7 Å². The first-order valence-corrected chi connectivity index (χ1v) is 7.49. The molecule has 1 saturated carbocycles. The van der Waals surface area contributed by atoms with Crippen molar-refractivity contribution in [3.8, 4) is 0 Å². The summed E-state index contributed by atoms with van der Waals surface area (Å²) in [6.07, 6.45) is -5.81. The van der Waals surface area contributed by atoms with Gasteiger partial charge in [-0.25, -0.2) is 18.6 Å². The number of halogens is 4. The summed E-state index contributed by atoms with van der Waals surface area (Å²) < 4.78 is 55.0. The summed E-state index contributed by atoms with van der Waals surface area (Å²) >= 11 is 0. The largest absolute Gasteiger partial charge is 0.396 e. The van der Waals surface area contributed by atoms with Crippen LogP contribution in [0.2, 0.25) is 0 Å². The molecule has 3 unspecified atom stereocenters. The third kappa shape index (κ3) is 3.07. The molecular weight excluding hydrogens is 348 g/mol. The second kappa shape index (κ2) is 6.08. The quantitative estimate of drug-likeness (QED) is 0.791. The number of carbonyl (C=O) groups excluding carboxylic acids is 1. The number of alkyl halides is 4. The predicted octanol–water partition coefficient (Wildman–Crippen LogP) is 0.622. The van der Waals surface area contributed by atoms with E-state index in [4.69, 9.17) is 0 Å². The molecule has 1 fully saturated rings. The zero-order valence-corrected chi connectivity index (χ0v) is 13.0. The Morgan fingerprint density at radius 3 is 2.76 bits per heavy atom. The topological polar surface area (TPSA) is 94.2 Å². The van der Waals surface area contributed by atoms with Gasteiger partial charge in [-0.15, -0.1) is 5.10 Å². The fourth-order valence-electron chi connectivity index (χ4n) is 3.02. The molecule has 12 heteroatoms. The van der Waals surface area contributed by atoms with E-state index >= 15 is 0 Å². The summed E-state index contributed by atoms with van der Waals surface area (Å²) in [6.45, 7) is 0. The lowest BCUT2D eigenvalue weighted by atomic mass is 9.82. The lowest BCUT2D eigenvalue weighted by Gasteiger charge is -2.35. The van der Waals surface area contributed by atoms with Gasteiger partial charge in [-0.1, -0.05) is 5.21 Å². The molecule has 2 aromatic heterocycles. The molecule has 1 N–H and O–H groups in total. The number of carbonyl (C=O) groups is 1. The number of nitrogens with zero attached hydrogens (tertiary/aromatic N) is 5. The smallest absolute Gasteiger partial charge is 0.347 e. The number of imidazole rings is 1. The fraction of sp³-hybridized carbons (Fsp3) is 0.615. The van der Waals surface area contributed by atoms with Crippen LogP contribution >= 0.6 is 0 Å². The molecule has 0 radical (unpaired) electrons. The highest BCUT2D eigenvalue weighted by Gasteiger charge is 2.51. The van der Waals surface area contributed by atoms with Gasteiger partial charge in [-0.2, -0.15) is 17.9 Å². The molecule has 136 valence electrons. The molecule has 2 aromatic rings. The molecule has 1 amide bonds. The highest BCUT2D eigenvalue weighted by molar-refractivity contribution is 5.98. The minimum absolute atomic E-state index is 0.00440. The molecule has 1 aliphatic rings. The normalized spacial score (nSPS) is 24.4. The Labute approximate surface area is 137 Å². The number of aromatic nitrogens is 5. The summed E-state index contributed by atoms with van der Waals surface area (Å²) in [4.78, 5) is 27.9. The van der Waals surface area contributed by atoms with Crippen molar-refractivity contribution in [1.29, 1.82) is 0 Å². The Hall–Kier alpha value is -2.53. The standard InChI is InChI=1S/C13H14F4N6O2/c1-22-12(25)23-5-18-9(10(23)20-21-22)11(24)19-7-4-2-3-6(14)8(7)13(15,16)17/h5-8H,2-4H2,1H3,(H,19,24). The third-order valence-electron chi connectivity index (χ3n) is 4.23. The molecule has 0 bridgehead atoms. The first-order valence-electron chi connectivity index (χ1n) is 7.49. The van der Waals surface area contributed by atoms with Gasteiger partial charge in [0.15, 0.2) is 11.3 Å². The first-order chi connectivity index (χ1) is 11.7. The van der Waals surface area contributed by atoms with Gasteiger partial charge in [0.1, 0.15) is 18.4 Å². The van der Waals surface area contributed by atoms with Crippen molar-refractivity contribution in [2.75, 3.05) is 0 Å².